The molecule has 25 heavy (non-hydrogen) atoms. The van der Waals surface area contributed by atoms with Crippen molar-refractivity contribution < 1.29 is 5.11 Å². The highest BCUT2D eigenvalue weighted by Crippen LogP contribution is 2.18. The maximum atomic E-state index is 9.12. The Morgan fingerprint density at radius 3 is 2.60 bits per heavy atom. The monoisotopic (exact) mass is 340 g/mol. The number of nitrogens with zero attached hydrogens (tertiary/aromatic N) is 5. The summed E-state index contributed by atoms with van der Waals surface area (Å²) in [7, 11) is 0. The summed E-state index contributed by atoms with van der Waals surface area (Å²) in [6, 6.07) is 8.49. The molecule has 2 aromatic heterocycles. The van der Waals surface area contributed by atoms with E-state index in [-0.39, 0.29) is 12.6 Å². The summed E-state index contributed by atoms with van der Waals surface area (Å²) in [6.45, 7) is 7.58. The van der Waals surface area contributed by atoms with Crippen molar-refractivity contribution in [3.8, 4) is 5.69 Å². The summed E-state index contributed by atoms with van der Waals surface area (Å²) in [6.07, 6.45) is 3.49. The second kappa shape index (κ2) is 7.58. The number of nitrogens with one attached hydrogen (secondary N) is 1. The van der Waals surface area contributed by atoms with Crippen LogP contribution in [0, 0.1) is 13.8 Å². The smallest absolute Gasteiger partial charge is 0.0697 e. The topological polar surface area (TPSA) is 80.8 Å². The molecular weight excluding hydrogens is 316 g/mol. The molecule has 0 spiro atoms. The third-order valence-corrected chi connectivity index (χ3v) is 4.51. The Morgan fingerprint density at radius 1 is 1.20 bits per heavy atom. The molecule has 0 saturated carbocycles. The van der Waals surface area contributed by atoms with Gasteiger partial charge in [0.15, 0.2) is 0 Å². The molecule has 2 heterocycles. The van der Waals surface area contributed by atoms with Crippen LogP contribution in [0.25, 0.3) is 5.69 Å². The molecule has 132 valence electrons. The first kappa shape index (κ1) is 17.3. The number of rotatable bonds is 7. The van der Waals surface area contributed by atoms with Crippen molar-refractivity contribution >= 4 is 0 Å². The van der Waals surface area contributed by atoms with Gasteiger partial charge in [0.2, 0.25) is 0 Å². The van der Waals surface area contributed by atoms with Crippen LogP contribution < -0.4 is 5.32 Å². The predicted octanol–water partition coefficient (Wildman–Crippen LogP) is 1.92. The Morgan fingerprint density at radius 2 is 1.96 bits per heavy atom. The minimum Gasteiger partial charge on any atom is -0.394 e. The maximum absolute atomic E-state index is 9.12. The maximum Gasteiger partial charge on any atom is 0.0697 e. The number of aliphatic hydroxyl groups is 1. The van der Waals surface area contributed by atoms with E-state index < -0.39 is 0 Å². The molecule has 7 nitrogen and oxygen atoms in total. The van der Waals surface area contributed by atoms with Gasteiger partial charge in [0.25, 0.3) is 0 Å². The van der Waals surface area contributed by atoms with E-state index in [0.29, 0.717) is 6.54 Å². The molecule has 7 heteroatoms. The molecule has 1 atom stereocenters. The summed E-state index contributed by atoms with van der Waals surface area (Å²) >= 11 is 0. The molecule has 0 amide bonds. The van der Waals surface area contributed by atoms with Crippen molar-refractivity contribution in [2.24, 2.45) is 0 Å². The van der Waals surface area contributed by atoms with Crippen LogP contribution in [0.4, 0.5) is 0 Å². The lowest BCUT2D eigenvalue weighted by Crippen LogP contribution is -2.19. The fourth-order valence-corrected chi connectivity index (χ4v) is 2.94. The zero-order valence-corrected chi connectivity index (χ0v) is 14.8. The Kier molecular flexibility index (Phi) is 5.25. The molecule has 0 saturated heterocycles. The summed E-state index contributed by atoms with van der Waals surface area (Å²) in [5.41, 5.74) is 5.51. The van der Waals surface area contributed by atoms with E-state index in [4.69, 9.17) is 5.11 Å². The number of aryl methyl sites for hydroxylation is 1. The number of aliphatic hydroxyl groups excluding tert-OH is 1. The molecule has 1 unspecified atom stereocenters. The molecule has 1 aromatic carbocycles. The van der Waals surface area contributed by atoms with Gasteiger partial charge < -0.3 is 10.4 Å². The first-order valence-corrected chi connectivity index (χ1v) is 8.44. The van der Waals surface area contributed by atoms with E-state index in [1.54, 1.807) is 10.9 Å². The molecule has 2 N–H and O–H groups in total. The van der Waals surface area contributed by atoms with Crippen molar-refractivity contribution in [2.75, 3.05) is 6.61 Å². The van der Waals surface area contributed by atoms with Crippen LogP contribution in [-0.4, -0.2) is 36.5 Å². The van der Waals surface area contributed by atoms with E-state index >= 15 is 0 Å². The number of aromatic nitrogens is 5. The molecular formula is C18H24N6O. The zero-order chi connectivity index (χ0) is 17.8. The van der Waals surface area contributed by atoms with Crippen LogP contribution in [0.3, 0.4) is 0 Å². The lowest BCUT2D eigenvalue weighted by atomic mass is 10.1. The average Bonchev–Trinajstić information content (AvgIpc) is 3.23. The lowest BCUT2D eigenvalue weighted by Gasteiger charge is -2.15. The van der Waals surface area contributed by atoms with Crippen molar-refractivity contribution in [1.82, 2.24) is 30.1 Å². The standard InChI is InChI=1S/C18H24N6O/c1-13(16-4-6-17(7-5-16)24-9-8-20-22-24)19-12-18-14(2)21-23(10-11-25)15(18)3/h4-9,13,19,25H,10-12H2,1-3H3. The van der Waals surface area contributed by atoms with Gasteiger partial charge in [-0.3, -0.25) is 4.68 Å². The van der Waals surface area contributed by atoms with Gasteiger partial charge in [0, 0.05) is 23.8 Å². The molecule has 0 aliphatic carbocycles. The lowest BCUT2D eigenvalue weighted by molar-refractivity contribution is 0.267. The summed E-state index contributed by atoms with van der Waals surface area (Å²) in [4.78, 5) is 0. The van der Waals surface area contributed by atoms with Crippen LogP contribution in [0.2, 0.25) is 0 Å². The third kappa shape index (κ3) is 3.78. The molecule has 0 fully saturated rings. The van der Waals surface area contributed by atoms with E-state index in [9.17, 15) is 0 Å². The van der Waals surface area contributed by atoms with Crippen LogP contribution in [0.15, 0.2) is 36.7 Å². The summed E-state index contributed by atoms with van der Waals surface area (Å²) in [5.74, 6) is 0. The molecule has 0 bridgehead atoms. The van der Waals surface area contributed by atoms with Gasteiger partial charge >= 0.3 is 0 Å². The van der Waals surface area contributed by atoms with Crippen LogP contribution in [-0.2, 0) is 13.1 Å². The van der Waals surface area contributed by atoms with Gasteiger partial charge in [-0.25, -0.2) is 4.68 Å². The molecule has 3 rings (SSSR count). The van der Waals surface area contributed by atoms with Crippen LogP contribution in [0.1, 0.15) is 35.5 Å². The van der Waals surface area contributed by atoms with Crippen molar-refractivity contribution in [3.05, 3.63) is 59.2 Å². The van der Waals surface area contributed by atoms with E-state index in [1.807, 2.05) is 36.9 Å². The fourth-order valence-electron chi connectivity index (χ4n) is 2.94. The zero-order valence-electron chi connectivity index (χ0n) is 14.8. The predicted molar refractivity (Wildman–Crippen MR) is 95.4 cm³/mol. The molecule has 0 aliphatic rings. The normalized spacial score (nSPS) is 12.5. The van der Waals surface area contributed by atoms with Gasteiger partial charge in [-0.05, 0) is 38.5 Å². The largest absolute Gasteiger partial charge is 0.394 e. The number of hydrogen-bond donors (Lipinski definition) is 2. The van der Waals surface area contributed by atoms with Gasteiger partial charge in [-0.15, -0.1) is 5.10 Å². The van der Waals surface area contributed by atoms with Crippen LogP contribution in [0.5, 0.6) is 0 Å². The molecule has 0 radical (unpaired) electrons. The highest BCUT2D eigenvalue weighted by molar-refractivity contribution is 5.34. The minimum absolute atomic E-state index is 0.101. The van der Waals surface area contributed by atoms with Gasteiger partial charge in [0.05, 0.1) is 36.9 Å². The Balaban J connectivity index is 1.66. The average molecular weight is 340 g/mol. The Hall–Kier alpha value is -2.51. The second-order valence-corrected chi connectivity index (χ2v) is 6.14. The number of hydrogen-bond acceptors (Lipinski definition) is 5. The first-order chi connectivity index (χ1) is 12.1. The van der Waals surface area contributed by atoms with E-state index in [1.165, 1.54) is 11.1 Å². The summed E-state index contributed by atoms with van der Waals surface area (Å²) in [5, 5.41) is 25.0. The van der Waals surface area contributed by atoms with E-state index in [0.717, 1.165) is 23.6 Å². The summed E-state index contributed by atoms with van der Waals surface area (Å²) < 4.78 is 3.61. The Bertz CT molecular complexity index is 807. The molecule has 0 aliphatic heterocycles. The third-order valence-electron chi connectivity index (χ3n) is 4.51. The van der Waals surface area contributed by atoms with Gasteiger partial charge in [-0.2, -0.15) is 5.10 Å². The fraction of sp³-hybridized carbons (Fsp3) is 0.389. The quantitative estimate of drug-likeness (QED) is 0.687. The first-order valence-electron chi connectivity index (χ1n) is 8.44. The minimum atomic E-state index is 0.101. The SMILES string of the molecule is Cc1nn(CCO)c(C)c1CNC(C)c1ccc(-n2ccnn2)cc1. The van der Waals surface area contributed by atoms with Gasteiger partial charge in [0.1, 0.15) is 0 Å². The van der Waals surface area contributed by atoms with Crippen molar-refractivity contribution in [2.45, 2.75) is 39.9 Å². The Labute approximate surface area is 147 Å². The van der Waals surface area contributed by atoms with E-state index in [2.05, 4.69) is 39.8 Å². The van der Waals surface area contributed by atoms with Crippen LogP contribution >= 0.6 is 0 Å². The van der Waals surface area contributed by atoms with Crippen molar-refractivity contribution in [1.29, 1.82) is 0 Å². The second-order valence-electron chi connectivity index (χ2n) is 6.14. The highest BCUT2D eigenvalue weighted by atomic mass is 16.3. The number of benzene rings is 1. The molecule has 3 aromatic rings. The highest BCUT2D eigenvalue weighted by Gasteiger charge is 2.13. The van der Waals surface area contributed by atoms with Crippen molar-refractivity contribution in [3.63, 3.8) is 0 Å². The van der Waals surface area contributed by atoms with Gasteiger partial charge in [-0.1, -0.05) is 17.3 Å².